The zero-order valence-corrected chi connectivity index (χ0v) is 12.0. The molecule has 2 aromatic carbocycles. The first-order valence-corrected chi connectivity index (χ1v) is 7.34. The predicted molar refractivity (Wildman–Crippen MR) is 81.6 cm³/mol. The van der Waals surface area contributed by atoms with E-state index in [2.05, 4.69) is 0 Å². The fraction of sp³-hybridized carbons (Fsp3) is 0.125. The van der Waals surface area contributed by atoms with Gasteiger partial charge in [0.05, 0.1) is 5.56 Å². The minimum absolute atomic E-state index is 0.0451. The second kappa shape index (κ2) is 7.50. The van der Waals surface area contributed by atoms with E-state index in [0.717, 1.165) is 11.8 Å². The lowest BCUT2D eigenvalue weighted by Crippen LogP contribution is -2.08. The van der Waals surface area contributed by atoms with E-state index >= 15 is 0 Å². The summed E-state index contributed by atoms with van der Waals surface area (Å²) in [4.78, 5) is 23.5. The molecule has 108 valence electrons. The molecule has 0 bridgehead atoms. The standard InChI is InChI=1S/C16H14O4S/c17-14-8-6-12(7-9-14)15(18)20-10-11-21-16(19)13-4-2-1-3-5-13/h1-9,17H,10-11H2. The van der Waals surface area contributed by atoms with Crippen LogP contribution in [0.1, 0.15) is 20.7 Å². The Morgan fingerprint density at radius 1 is 0.952 bits per heavy atom. The zero-order chi connectivity index (χ0) is 15.1. The lowest BCUT2D eigenvalue weighted by Gasteiger charge is -2.04. The summed E-state index contributed by atoms with van der Waals surface area (Å²) >= 11 is 1.11. The van der Waals surface area contributed by atoms with Crippen molar-refractivity contribution >= 4 is 22.8 Å². The fourth-order valence-electron chi connectivity index (χ4n) is 1.61. The van der Waals surface area contributed by atoms with Crippen molar-refractivity contribution in [2.45, 2.75) is 0 Å². The third kappa shape index (κ3) is 4.65. The van der Waals surface area contributed by atoms with Crippen molar-refractivity contribution in [2.24, 2.45) is 0 Å². The van der Waals surface area contributed by atoms with Crippen molar-refractivity contribution in [2.75, 3.05) is 12.4 Å². The van der Waals surface area contributed by atoms with Crippen molar-refractivity contribution < 1.29 is 19.4 Å². The first kappa shape index (κ1) is 15.1. The van der Waals surface area contributed by atoms with Gasteiger partial charge in [-0.2, -0.15) is 0 Å². The first-order valence-electron chi connectivity index (χ1n) is 6.35. The molecule has 0 aliphatic rings. The minimum Gasteiger partial charge on any atom is -0.508 e. The highest BCUT2D eigenvalue weighted by Crippen LogP contribution is 2.13. The molecule has 0 radical (unpaired) electrons. The summed E-state index contributed by atoms with van der Waals surface area (Å²) in [6.45, 7) is 0.156. The smallest absolute Gasteiger partial charge is 0.338 e. The van der Waals surface area contributed by atoms with Crippen LogP contribution in [0.4, 0.5) is 0 Å². The summed E-state index contributed by atoms with van der Waals surface area (Å²) in [6.07, 6.45) is 0. The molecule has 0 aromatic heterocycles. The Kier molecular flexibility index (Phi) is 5.40. The van der Waals surface area contributed by atoms with Crippen LogP contribution in [-0.4, -0.2) is 28.6 Å². The van der Waals surface area contributed by atoms with Gasteiger partial charge in [0.15, 0.2) is 0 Å². The van der Waals surface area contributed by atoms with Crippen LogP contribution in [0, 0.1) is 0 Å². The highest BCUT2D eigenvalue weighted by Gasteiger charge is 2.09. The van der Waals surface area contributed by atoms with Crippen molar-refractivity contribution in [3.8, 4) is 5.75 Å². The van der Waals surface area contributed by atoms with E-state index in [9.17, 15) is 9.59 Å². The van der Waals surface area contributed by atoms with E-state index < -0.39 is 5.97 Å². The molecule has 4 nitrogen and oxygen atoms in total. The SMILES string of the molecule is O=C(OCCSC(=O)c1ccccc1)c1ccc(O)cc1. The summed E-state index contributed by atoms with van der Waals surface area (Å²) < 4.78 is 5.06. The van der Waals surface area contributed by atoms with E-state index in [-0.39, 0.29) is 17.5 Å². The summed E-state index contributed by atoms with van der Waals surface area (Å²) in [5, 5.41) is 9.08. The van der Waals surface area contributed by atoms with E-state index in [4.69, 9.17) is 9.84 Å². The molecule has 0 aliphatic carbocycles. The second-order valence-electron chi connectivity index (χ2n) is 4.18. The number of thioether (sulfide) groups is 1. The number of benzene rings is 2. The Morgan fingerprint density at radius 2 is 1.62 bits per heavy atom. The molecule has 1 N–H and O–H groups in total. The number of hydrogen-bond acceptors (Lipinski definition) is 5. The Hall–Kier alpha value is -2.27. The molecule has 2 rings (SSSR count). The van der Waals surface area contributed by atoms with Gasteiger partial charge in [0.25, 0.3) is 0 Å². The average Bonchev–Trinajstić information content (AvgIpc) is 2.52. The molecule has 0 saturated carbocycles. The lowest BCUT2D eigenvalue weighted by atomic mass is 10.2. The molecular formula is C16H14O4S. The normalized spacial score (nSPS) is 10.1. The molecule has 0 atom stereocenters. The number of carbonyl (C=O) groups excluding carboxylic acids is 2. The average molecular weight is 302 g/mol. The van der Waals surface area contributed by atoms with E-state index in [1.165, 1.54) is 24.3 Å². The van der Waals surface area contributed by atoms with Crippen LogP contribution >= 0.6 is 11.8 Å². The molecule has 0 heterocycles. The van der Waals surface area contributed by atoms with E-state index in [0.29, 0.717) is 16.9 Å². The highest BCUT2D eigenvalue weighted by molar-refractivity contribution is 8.14. The second-order valence-corrected chi connectivity index (χ2v) is 5.25. The van der Waals surface area contributed by atoms with Gasteiger partial charge in [-0.1, -0.05) is 42.1 Å². The number of phenolic OH excluding ortho intramolecular Hbond substituents is 1. The Morgan fingerprint density at radius 3 is 2.29 bits per heavy atom. The number of phenols is 1. The molecule has 2 aromatic rings. The Balaban J connectivity index is 1.73. The van der Waals surface area contributed by atoms with Gasteiger partial charge in [0, 0.05) is 11.3 Å². The molecule has 0 saturated heterocycles. The third-order valence-electron chi connectivity index (χ3n) is 2.66. The number of hydrogen-bond donors (Lipinski definition) is 1. The summed E-state index contributed by atoms with van der Waals surface area (Å²) in [5.41, 5.74) is 1.000. The number of ether oxygens (including phenoxy) is 1. The molecule has 0 amide bonds. The number of esters is 1. The maximum Gasteiger partial charge on any atom is 0.338 e. The van der Waals surface area contributed by atoms with Gasteiger partial charge in [-0.25, -0.2) is 4.79 Å². The van der Waals surface area contributed by atoms with Gasteiger partial charge >= 0.3 is 5.97 Å². The maximum absolute atomic E-state index is 11.8. The van der Waals surface area contributed by atoms with Crippen LogP contribution in [0.25, 0.3) is 0 Å². The molecular weight excluding hydrogens is 288 g/mol. The number of rotatable bonds is 5. The predicted octanol–water partition coefficient (Wildman–Crippen LogP) is 3.12. The molecule has 5 heteroatoms. The van der Waals surface area contributed by atoms with Crippen LogP contribution in [0.5, 0.6) is 5.75 Å². The molecule has 0 spiro atoms. The van der Waals surface area contributed by atoms with Crippen molar-refractivity contribution in [3.63, 3.8) is 0 Å². The first-order chi connectivity index (χ1) is 10.2. The number of aromatic hydroxyl groups is 1. The van der Waals surface area contributed by atoms with Crippen LogP contribution in [-0.2, 0) is 4.74 Å². The van der Waals surface area contributed by atoms with Crippen molar-refractivity contribution in [3.05, 3.63) is 65.7 Å². The Bertz CT molecular complexity index is 608. The summed E-state index contributed by atoms with van der Waals surface area (Å²) in [6, 6.07) is 14.8. The minimum atomic E-state index is -0.470. The van der Waals surface area contributed by atoms with Gasteiger partial charge in [-0.3, -0.25) is 4.79 Å². The topological polar surface area (TPSA) is 63.6 Å². The fourth-order valence-corrected chi connectivity index (χ4v) is 2.26. The largest absolute Gasteiger partial charge is 0.508 e. The van der Waals surface area contributed by atoms with Crippen LogP contribution < -0.4 is 0 Å². The summed E-state index contributed by atoms with van der Waals surface area (Å²) in [7, 11) is 0. The Labute approximate surface area is 126 Å². The van der Waals surface area contributed by atoms with E-state index in [1.807, 2.05) is 6.07 Å². The molecule has 0 fully saturated rings. The molecule has 0 unspecified atom stereocenters. The van der Waals surface area contributed by atoms with Crippen LogP contribution in [0.15, 0.2) is 54.6 Å². The molecule has 0 aliphatic heterocycles. The van der Waals surface area contributed by atoms with Gasteiger partial charge in [0.1, 0.15) is 12.4 Å². The zero-order valence-electron chi connectivity index (χ0n) is 11.2. The quantitative estimate of drug-likeness (QED) is 0.679. The van der Waals surface area contributed by atoms with Gasteiger partial charge in [-0.05, 0) is 24.3 Å². The number of carbonyl (C=O) groups is 2. The van der Waals surface area contributed by atoms with Gasteiger partial charge < -0.3 is 9.84 Å². The maximum atomic E-state index is 11.8. The molecule has 21 heavy (non-hydrogen) atoms. The summed E-state index contributed by atoms with van der Waals surface area (Å²) in [5.74, 6) is 0.0238. The van der Waals surface area contributed by atoms with Gasteiger partial charge in [0.2, 0.25) is 5.12 Å². The van der Waals surface area contributed by atoms with E-state index in [1.54, 1.807) is 24.3 Å². The third-order valence-corrected chi connectivity index (χ3v) is 3.53. The van der Waals surface area contributed by atoms with Crippen LogP contribution in [0.3, 0.4) is 0 Å². The van der Waals surface area contributed by atoms with Crippen molar-refractivity contribution in [1.29, 1.82) is 0 Å². The monoisotopic (exact) mass is 302 g/mol. The van der Waals surface area contributed by atoms with Gasteiger partial charge in [-0.15, -0.1) is 0 Å². The van der Waals surface area contributed by atoms with Crippen LogP contribution in [0.2, 0.25) is 0 Å². The van der Waals surface area contributed by atoms with Crippen molar-refractivity contribution in [1.82, 2.24) is 0 Å². The lowest BCUT2D eigenvalue weighted by molar-refractivity contribution is 0.0529. The highest BCUT2D eigenvalue weighted by atomic mass is 32.2.